The number of hydrogen-bond acceptors (Lipinski definition) is 3. The van der Waals surface area contributed by atoms with E-state index in [9.17, 15) is 9.59 Å². The van der Waals surface area contributed by atoms with Gasteiger partial charge in [0, 0.05) is 6.54 Å². The molecule has 5 heteroatoms. The number of aliphatic carboxylic acids is 1. The van der Waals surface area contributed by atoms with Crippen molar-refractivity contribution in [1.29, 1.82) is 0 Å². The van der Waals surface area contributed by atoms with Crippen LogP contribution in [0, 0.1) is 0 Å². The maximum atomic E-state index is 12.7. The van der Waals surface area contributed by atoms with E-state index in [2.05, 4.69) is 0 Å². The van der Waals surface area contributed by atoms with E-state index >= 15 is 0 Å². The van der Waals surface area contributed by atoms with Crippen LogP contribution in [-0.2, 0) is 19.7 Å². The minimum absolute atomic E-state index is 0.0711. The molecule has 5 nitrogen and oxygen atoms in total. The highest BCUT2D eigenvalue weighted by molar-refractivity contribution is 5.88. The van der Waals surface area contributed by atoms with Gasteiger partial charge in [0.2, 0.25) is 5.91 Å². The summed E-state index contributed by atoms with van der Waals surface area (Å²) < 4.78 is 5.14. The first kappa shape index (κ1) is 14.5. The van der Waals surface area contributed by atoms with Gasteiger partial charge in [-0.1, -0.05) is 30.3 Å². The SMILES string of the molecule is CC(C)(C(=O)N1CCOC(C(=O)O)C1)c1ccccc1. The van der Waals surface area contributed by atoms with Crippen LogP contribution in [0.2, 0.25) is 0 Å². The average Bonchev–Trinajstić information content (AvgIpc) is 2.47. The van der Waals surface area contributed by atoms with Crippen LogP contribution in [0.25, 0.3) is 0 Å². The summed E-state index contributed by atoms with van der Waals surface area (Å²) in [6, 6.07) is 9.51. The molecule has 1 aliphatic heterocycles. The Labute approximate surface area is 118 Å². The molecule has 1 unspecified atom stereocenters. The normalized spacial score (nSPS) is 19.7. The van der Waals surface area contributed by atoms with Crippen molar-refractivity contribution in [2.24, 2.45) is 0 Å². The van der Waals surface area contributed by atoms with Crippen LogP contribution >= 0.6 is 0 Å². The second kappa shape index (κ2) is 5.63. The van der Waals surface area contributed by atoms with Crippen LogP contribution < -0.4 is 0 Å². The van der Waals surface area contributed by atoms with Crippen molar-refractivity contribution in [1.82, 2.24) is 4.90 Å². The maximum absolute atomic E-state index is 12.7. The zero-order valence-corrected chi connectivity index (χ0v) is 11.7. The van der Waals surface area contributed by atoms with Crippen LogP contribution in [0.15, 0.2) is 30.3 Å². The first-order valence-electron chi connectivity index (χ1n) is 6.62. The molecule has 1 saturated heterocycles. The van der Waals surface area contributed by atoms with Crippen molar-refractivity contribution in [2.75, 3.05) is 19.7 Å². The van der Waals surface area contributed by atoms with Crippen LogP contribution in [0.3, 0.4) is 0 Å². The number of hydrogen-bond donors (Lipinski definition) is 1. The van der Waals surface area contributed by atoms with Gasteiger partial charge in [0.1, 0.15) is 0 Å². The van der Waals surface area contributed by atoms with Crippen LogP contribution in [-0.4, -0.2) is 47.7 Å². The second-order valence-electron chi connectivity index (χ2n) is 5.44. The first-order chi connectivity index (χ1) is 9.43. The van der Waals surface area contributed by atoms with Gasteiger partial charge in [0.15, 0.2) is 6.10 Å². The molecule has 0 aliphatic carbocycles. The minimum atomic E-state index is -1.03. The van der Waals surface area contributed by atoms with Crippen molar-refractivity contribution in [3.63, 3.8) is 0 Å². The lowest BCUT2D eigenvalue weighted by molar-refractivity contribution is -0.160. The Morgan fingerprint density at radius 3 is 2.55 bits per heavy atom. The van der Waals surface area contributed by atoms with Crippen LogP contribution in [0.1, 0.15) is 19.4 Å². The third kappa shape index (κ3) is 2.82. The number of carboxylic acids is 1. The lowest BCUT2D eigenvalue weighted by Crippen LogP contribution is -2.53. The molecule has 108 valence electrons. The summed E-state index contributed by atoms with van der Waals surface area (Å²) in [5, 5.41) is 8.99. The molecule has 0 radical (unpaired) electrons. The zero-order chi connectivity index (χ0) is 14.8. The third-order valence-corrected chi connectivity index (χ3v) is 3.66. The summed E-state index contributed by atoms with van der Waals surface area (Å²) in [5.41, 5.74) is 0.241. The summed E-state index contributed by atoms with van der Waals surface area (Å²) in [5.74, 6) is -1.10. The van der Waals surface area contributed by atoms with Crippen molar-refractivity contribution >= 4 is 11.9 Å². The van der Waals surface area contributed by atoms with Gasteiger partial charge in [-0.15, -0.1) is 0 Å². The molecule has 0 aromatic heterocycles. The molecule has 0 spiro atoms. The topological polar surface area (TPSA) is 66.8 Å². The molecule has 1 heterocycles. The van der Waals surface area contributed by atoms with Crippen molar-refractivity contribution in [3.8, 4) is 0 Å². The van der Waals surface area contributed by atoms with Gasteiger partial charge in [-0.25, -0.2) is 4.79 Å². The van der Waals surface area contributed by atoms with Gasteiger partial charge in [0.25, 0.3) is 0 Å². The number of carbonyl (C=O) groups excluding carboxylic acids is 1. The van der Waals surface area contributed by atoms with Gasteiger partial charge in [-0.05, 0) is 19.4 Å². The molecule has 1 N–H and O–H groups in total. The molecule has 2 rings (SSSR count). The molecule has 1 aromatic rings. The number of rotatable bonds is 3. The Hall–Kier alpha value is -1.88. The van der Waals surface area contributed by atoms with Crippen molar-refractivity contribution in [2.45, 2.75) is 25.4 Å². The van der Waals surface area contributed by atoms with E-state index in [1.165, 1.54) is 0 Å². The fourth-order valence-electron chi connectivity index (χ4n) is 2.36. The predicted molar refractivity (Wildman–Crippen MR) is 73.4 cm³/mol. The van der Waals surface area contributed by atoms with E-state index in [1.54, 1.807) is 4.90 Å². The number of morpholine rings is 1. The number of amides is 1. The molecule has 0 bridgehead atoms. The molecule has 1 atom stereocenters. The van der Waals surface area contributed by atoms with E-state index in [0.717, 1.165) is 5.56 Å². The standard InChI is InChI=1S/C15H19NO4/c1-15(2,11-6-4-3-5-7-11)14(19)16-8-9-20-12(10-16)13(17)18/h3-7,12H,8-10H2,1-2H3,(H,17,18). The van der Waals surface area contributed by atoms with Gasteiger partial charge in [-0.2, -0.15) is 0 Å². The Kier molecular flexibility index (Phi) is 4.09. The van der Waals surface area contributed by atoms with Gasteiger partial charge >= 0.3 is 5.97 Å². The minimum Gasteiger partial charge on any atom is -0.479 e. The van der Waals surface area contributed by atoms with Crippen LogP contribution in [0.4, 0.5) is 0 Å². The average molecular weight is 277 g/mol. The lowest BCUT2D eigenvalue weighted by Gasteiger charge is -2.36. The summed E-state index contributed by atoms with van der Waals surface area (Å²) >= 11 is 0. The fourth-order valence-corrected chi connectivity index (χ4v) is 2.36. The fraction of sp³-hybridized carbons (Fsp3) is 0.467. The van der Waals surface area contributed by atoms with E-state index in [0.29, 0.717) is 6.54 Å². The highest BCUT2D eigenvalue weighted by Crippen LogP contribution is 2.26. The molecular formula is C15H19NO4. The maximum Gasteiger partial charge on any atom is 0.334 e. The molecule has 1 amide bonds. The van der Waals surface area contributed by atoms with E-state index < -0.39 is 17.5 Å². The summed E-state index contributed by atoms with van der Waals surface area (Å²) in [7, 11) is 0. The quantitative estimate of drug-likeness (QED) is 0.903. The van der Waals surface area contributed by atoms with Crippen molar-refractivity contribution in [3.05, 3.63) is 35.9 Å². The Balaban J connectivity index is 2.16. The summed E-state index contributed by atoms with van der Waals surface area (Å²) in [6.07, 6.45) is -0.931. The van der Waals surface area contributed by atoms with Crippen LogP contribution in [0.5, 0.6) is 0 Å². The molecule has 0 saturated carbocycles. The second-order valence-corrected chi connectivity index (χ2v) is 5.44. The number of benzene rings is 1. The Morgan fingerprint density at radius 2 is 1.95 bits per heavy atom. The van der Waals surface area contributed by atoms with Gasteiger partial charge in [0.05, 0.1) is 18.6 Å². The summed E-state index contributed by atoms with van der Waals surface area (Å²) in [4.78, 5) is 25.2. The Morgan fingerprint density at radius 1 is 1.30 bits per heavy atom. The lowest BCUT2D eigenvalue weighted by atomic mass is 9.83. The third-order valence-electron chi connectivity index (χ3n) is 3.66. The zero-order valence-electron chi connectivity index (χ0n) is 11.7. The highest BCUT2D eigenvalue weighted by atomic mass is 16.5. The number of carbonyl (C=O) groups is 2. The van der Waals surface area contributed by atoms with Gasteiger partial charge < -0.3 is 14.7 Å². The molecule has 1 aromatic carbocycles. The largest absolute Gasteiger partial charge is 0.479 e. The molecular weight excluding hydrogens is 258 g/mol. The predicted octanol–water partition coefficient (Wildman–Crippen LogP) is 1.28. The molecule has 1 fully saturated rings. The monoisotopic (exact) mass is 277 g/mol. The van der Waals surface area contributed by atoms with E-state index in [4.69, 9.17) is 9.84 Å². The number of carboxylic acid groups (broad SMARTS) is 1. The van der Waals surface area contributed by atoms with Gasteiger partial charge in [-0.3, -0.25) is 4.79 Å². The van der Waals surface area contributed by atoms with Crippen molar-refractivity contribution < 1.29 is 19.4 Å². The molecule has 1 aliphatic rings. The first-order valence-corrected chi connectivity index (χ1v) is 6.62. The molecule has 20 heavy (non-hydrogen) atoms. The van der Waals surface area contributed by atoms with E-state index in [1.807, 2.05) is 44.2 Å². The highest BCUT2D eigenvalue weighted by Gasteiger charge is 2.37. The van der Waals surface area contributed by atoms with E-state index in [-0.39, 0.29) is 19.1 Å². The smallest absolute Gasteiger partial charge is 0.334 e. The number of nitrogens with zero attached hydrogens (tertiary/aromatic N) is 1. The Bertz CT molecular complexity index is 498. The number of ether oxygens (including phenoxy) is 1. The summed E-state index contributed by atoms with van der Waals surface area (Å²) in [6.45, 7) is 4.50.